The number of imide groups is 1. The lowest BCUT2D eigenvalue weighted by Gasteiger charge is -2.07. The van der Waals surface area contributed by atoms with Crippen LogP contribution in [0.1, 0.15) is 5.56 Å². The second-order valence-electron chi connectivity index (χ2n) is 4.03. The number of carbonyl (C=O) groups excluding carboxylic acids is 2. The third-order valence-corrected chi connectivity index (χ3v) is 4.20. The van der Waals surface area contributed by atoms with E-state index in [-0.39, 0.29) is 22.9 Å². The number of nitrogens with zero attached hydrogens (tertiary/aromatic N) is 1. The van der Waals surface area contributed by atoms with Gasteiger partial charge in [0.2, 0.25) is 0 Å². The third kappa shape index (κ3) is 3.06. The fourth-order valence-corrected chi connectivity index (χ4v) is 3.01. The largest absolute Gasteiger partial charge is 0.503 e. The molecule has 0 unspecified atom stereocenters. The van der Waals surface area contributed by atoms with Crippen LogP contribution in [-0.4, -0.2) is 34.8 Å². The van der Waals surface area contributed by atoms with Gasteiger partial charge in [-0.05, 0) is 51.5 Å². The molecule has 0 aromatic heterocycles. The number of ether oxygens (including phenoxy) is 1. The highest BCUT2D eigenvalue weighted by molar-refractivity contribution is 9.10. The predicted molar refractivity (Wildman–Crippen MR) is 83.9 cm³/mol. The Morgan fingerprint density at radius 3 is 2.86 bits per heavy atom. The van der Waals surface area contributed by atoms with Crippen molar-refractivity contribution in [2.24, 2.45) is 0 Å². The van der Waals surface area contributed by atoms with Gasteiger partial charge < -0.3 is 9.84 Å². The van der Waals surface area contributed by atoms with E-state index in [0.29, 0.717) is 10.0 Å². The number of methoxy groups -OCH3 is 1. The molecular weight excluding hydrogens is 358 g/mol. The van der Waals surface area contributed by atoms with E-state index in [0.717, 1.165) is 16.7 Å². The summed E-state index contributed by atoms with van der Waals surface area (Å²) in [5.41, 5.74) is 0.614. The minimum absolute atomic E-state index is 0.0323. The Labute approximate surface area is 134 Å². The van der Waals surface area contributed by atoms with Crippen molar-refractivity contribution in [3.63, 3.8) is 0 Å². The number of hydrogen-bond acceptors (Lipinski definition) is 5. The summed E-state index contributed by atoms with van der Waals surface area (Å²) >= 11 is 4.02. The van der Waals surface area contributed by atoms with Crippen molar-refractivity contribution >= 4 is 44.9 Å². The molecule has 0 atom stereocenters. The van der Waals surface area contributed by atoms with Crippen LogP contribution in [0.5, 0.6) is 11.5 Å². The Morgan fingerprint density at radius 1 is 1.52 bits per heavy atom. The molecule has 0 bridgehead atoms. The lowest BCUT2D eigenvalue weighted by Crippen LogP contribution is -2.28. The number of phenolic OH excluding ortho intramolecular Hbond substituents is 1. The smallest absolute Gasteiger partial charge is 0.294 e. The van der Waals surface area contributed by atoms with Crippen molar-refractivity contribution in [3.05, 3.63) is 27.1 Å². The molecule has 1 aromatic rings. The van der Waals surface area contributed by atoms with Crippen molar-refractivity contribution in [2.45, 2.75) is 0 Å². The van der Waals surface area contributed by atoms with Gasteiger partial charge in [0.15, 0.2) is 11.5 Å². The molecule has 0 spiro atoms. The molecule has 108 valence electrons. The molecule has 0 saturated carbocycles. The molecule has 21 heavy (non-hydrogen) atoms. The molecule has 0 aliphatic carbocycles. The van der Waals surface area contributed by atoms with Crippen molar-refractivity contribution < 1.29 is 19.4 Å². The lowest BCUT2D eigenvalue weighted by molar-refractivity contribution is -0.122. The minimum Gasteiger partial charge on any atom is -0.503 e. The van der Waals surface area contributed by atoms with E-state index < -0.39 is 11.1 Å². The van der Waals surface area contributed by atoms with E-state index in [9.17, 15) is 14.7 Å². The zero-order valence-electron chi connectivity index (χ0n) is 10.9. The van der Waals surface area contributed by atoms with E-state index in [1.54, 1.807) is 18.2 Å². The first-order valence-corrected chi connectivity index (χ1v) is 7.34. The summed E-state index contributed by atoms with van der Waals surface area (Å²) in [5.74, 6) is 2.08. The standard InChI is InChI=1S/C14H10BrNO4S/c1-3-4-16-13(18)11(21-14(16)19)7-8-5-9(15)12(17)10(6-8)20-2/h1,5-7,17H,4H2,2H3/b11-7+. The van der Waals surface area contributed by atoms with E-state index in [4.69, 9.17) is 11.2 Å². The van der Waals surface area contributed by atoms with Crippen LogP contribution in [0, 0.1) is 12.3 Å². The molecule has 7 heteroatoms. The maximum atomic E-state index is 12.0. The number of carbonyl (C=O) groups is 2. The Bertz CT molecular complexity index is 693. The van der Waals surface area contributed by atoms with Crippen LogP contribution in [0.4, 0.5) is 4.79 Å². The summed E-state index contributed by atoms with van der Waals surface area (Å²) in [6.07, 6.45) is 6.68. The van der Waals surface area contributed by atoms with Gasteiger partial charge in [-0.2, -0.15) is 0 Å². The molecule has 1 aromatic carbocycles. The Balaban J connectivity index is 2.37. The summed E-state index contributed by atoms with van der Waals surface area (Å²) in [4.78, 5) is 25.0. The maximum Gasteiger partial charge on any atom is 0.294 e. The molecule has 1 aliphatic heterocycles. The monoisotopic (exact) mass is 367 g/mol. The summed E-state index contributed by atoms with van der Waals surface area (Å²) in [6, 6.07) is 3.18. The highest BCUT2D eigenvalue weighted by Gasteiger charge is 2.34. The average Bonchev–Trinajstić information content (AvgIpc) is 2.70. The molecule has 1 saturated heterocycles. The number of terminal acetylenes is 1. The second kappa shape index (κ2) is 6.24. The highest BCUT2D eigenvalue weighted by Crippen LogP contribution is 2.37. The highest BCUT2D eigenvalue weighted by atomic mass is 79.9. The van der Waals surface area contributed by atoms with E-state index in [1.807, 2.05) is 0 Å². The fraction of sp³-hybridized carbons (Fsp3) is 0.143. The van der Waals surface area contributed by atoms with Crippen LogP contribution in [0.3, 0.4) is 0 Å². The van der Waals surface area contributed by atoms with Gasteiger partial charge in [-0.15, -0.1) is 6.42 Å². The summed E-state index contributed by atoms with van der Waals surface area (Å²) in [5, 5.41) is 9.35. The Kier molecular flexibility index (Phi) is 4.60. The first-order chi connectivity index (χ1) is 9.97. The number of amides is 2. The van der Waals surface area contributed by atoms with Crippen molar-refractivity contribution in [1.29, 1.82) is 0 Å². The van der Waals surface area contributed by atoms with Gasteiger partial charge in [-0.25, -0.2) is 0 Å². The Hall–Kier alpha value is -1.91. The van der Waals surface area contributed by atoms with Gasteiger partial charge in [-0.1, -0.05) is 5.92 Å². The van der Waals surface area contributed by atoms with Crippen molar-refractivity contribution in [2.75, 3.05) is 13.7 Å². The molecule has 1 aliphatic rings. The molecule has 5 nitrogen and oxygen atoms in total. The van der Waals surface area contributed by atoms with Crippen LogP contribution in [0.2, 0.25) is 0 Å². The number of rotatable bonds is 3. The molecule has 2 amide bonds. The first-order valence-electron chi connectivity index (χ1n) is 5.73. The van der Waals surface area contributed by atoms with Crippen molar-refractivity contribution in [3.8, 4) is 23.8 Å². The number of hydrogen-bond donors (Lipinski definition) is 1. The SMILES string of the molecule is C#CCN1C(=O)S/C(=C/c2cc(Br)c(O)c(OC)c2)C1=O. The molecule has 1 heterocycles. The van der Waals surface area contributed by atoms with Gasteiger partial charge in [0.25, 0.3) is 11.1 Å². The molecule has 2 rings (SSSR count). The van der Waals surface area contributed by atoms with Crippen LogP contribution >= 0.6 is 27.7 Å². The van der Waals surface area contributed by atoms with Gasteiger partial charge in [-0.3, -0.25) is 14.5 Å². The maximum absolute atomic E-state index is 12.0. The predicted octanol–water partition coefficient (Wildman–Crippen LogP) is 2.83. The number of thioether (sulfide) groups is 1. The number of phenols is 1. The normalized spacial score (nSPS) is 16.4. The van der Waals surface area contributed by atoms with Gasteiger partial charge in [0.1, 0.15) is 0 Å². The lowest BCUT2D eigenvalue weighted by atomic mass is 10.2. The average molecular weight is 368 g/mol. The molecule has 1 N–H and O–H groups in total. The number of aromatic hydroxyl groups is 1. The zero-order valence-corrected chi connectivity index (χ0v) is 13.3. The van der Waals surface area contributed by atoms with Gasteiger partial charge in [0.05, 0.1) is 23.0 Å². The molecule has 1 fully saturated rings. The first kappa shape index (κ1) is 15.5. The minimum atomic E-state index is -0.425. The summed E-state index contributed by atoms with van der Waals surface area (Å²) < 4.78 is 5.46. The number of benzene rings is 1. The van der Waals surface area contributed by atoms with E-state index in [2.05, 4.69) is 21.9 Å². The fourth-order valence-electron chi connectivity index (χ4n) is 1.71. The summed E-state index contributed by atoms with van der Waals surface area (Å²) in [6.45, 7) is -0.0510. The third-order valence-electron chi connectivity index (χ3n) is 2.69. The van der Waals surface area contributed by atoms with E-state index in [1.165, 1.54) is 7.11 Å². The second-order valence-corrected chi connectivity index (χ2v) is 5.87. The molecular formula is C14H10BrNO4S. The van der Waals surface area contributed by atoms with Crippen molar-refractivity contribution in [1.82, 2.24) is 4.90 Å². The van der Waals surface area contributed by atoms with Crippen LogP contribution in [0.25, 0.3) is 6.08 Å². The van der Waals surface area contributed by atoms with Crippen LogP contribution in [-0.2, 0) is 4.79 Å². The van der Waals surface area contributed by atoms with Gasteiger partial charge in [0, 0.05) is 0 Å². The quantitative estimate of drug-likeness (QED) is 0.657. The zero-order chi connectivity index (χ0) is 15.6. The topological polar surface area (TPSA) is 66.8 Å². The molecule has 0 radical (unpaired) electrons. The Morgan fingerprint density at radius 2 is 2.24 bits per heavy atom. The van der Waals surface area contributed by atoms with Crippen LogP contribution in [0.15, 0.2) is 21.5 Å². The van der Waals surface area contributed by atoms with Crippen LogP contribution < -0.4 is 4.74 Å². The van der Waals surface area contributed by atoms with Gasteiger partial charge >= 0.3 is 0 Å². The summed E-state index contributed by atoms with van der Waals surface area (Å²) in [7, 11) is 1.42. The number of halogens is 1. The van der Waals surface area contributed by atoms with E-state index >= 15 is 0 Å².